The minimum absolute atomic E-state index is 0.0286. The number of halogens is 2. The summed E-state index contributed by atoms with van der Waals surface area (Å²) in [6.07, 6.45) is 6.01. The van der Waals surface area contributed by atoms with Gasteiger partial charge in [-0.1, -0.05) is 24.4 Å². The molecule has 9 nitrogen and oxygen atoms in total. The molecule has 1 aliphatic carbocycles. The molecule has 0 unspecified atom stereocenters. The van der Waals surface area contributed by atoms with E-state index in [1.807, 2.05) is 32.9 Å². The maximum absolute atomic E-state index is 13.7. The summed E-state index contributed by atoms with van der Waals surface area (Å²) in [5, 5.41) is 4.01. The smallest absolute Gasteiger partial charge is 0.410 e. The Morgan fingerprint density at radius 1 is 1.05 bits per heavy atom. The Morgan fingerprint density at radius 2 is 1.79 bits per heavy atom. The molecular formula is C31H39ClFN5O4. The predicted octanol–water partition coefficient (Wildman–Crippen LogP) is 6.67. The van der Waals surface area contributed by atoms with Crippen molar-refractivity contribution < 1.29 is 23.4 Å². The molecule has 2 aromatic carbocycles. The van der Waals surface area contributed by atoms with E-state index < -0.39 is 11.4 Å². The van der Waals surface area contributed by atoms with E-state index in [4.69, 9.17) is 25.8 Å². The molecule has 11 heteroatoms. The van der Waals surface area contributed by atoms with Crippen molar-refractivity contribution in [1.82, 2.24) is 19.8 Å². The van der Waals surface area contributed by atoms with Crippen LogP contribution in [0.2, 0.25) is 5.02 Å². The third-order valence-corrected chi connectivity index (χ3v) is 7.81. The zero-order valence-corrected chi connectivity index (χ0v) is 25.3. The van der Waals surface area contributed by atoms with E-state index >= 15 is 0 Å². The van der Waals surface area contributed by atoms with E-state index in [-0.39, 0.29) is 11.1 Å². The van der Waals surface area contributed by atoms with E-state index in [1.165, 1.54) is 44.1 Å². The molecule has 2 heterocycles. The molecule has 2 fully saturated rings. The molecular weight excluding hydrogens is 561 g/mol. The van der Waals surface area contributed by atoms with Crippen LogP contribution in [0.4, 0.5) is 20.7 Å². The second-order valence-corrected chi connectivity index (χ2v) is 12.3. The Hall–Kier alpha value is -3.37. The number of fused-ring (bicyclic) bond motifs is 1. The molecule has 1 aliphatic heterocycles. The summed E-state index contributed by atoms with van der Waals surface area (Å²) >= 11 is 5.99. The van der Waals surface area contributed by atoms with Crippen molar-refractivity contribution in [2.24, 2.45) is 5.92 Å². The Balaban J connectivity index is 1.27. The number of hydrogen-bond donors (Lipinski definition) is 1. The van der Waals surface area contributed by atoms with Crippen LogP contribution in [0.25, 0.3) is 10.9 Å². The zero-order valence-electron chi connectivity index (χ0n) is 24.5. The number of piperazine rings is 1. The molecule has 0 spiro atoms. The van der Waals surface area contributed by atoms with Crippen molar-refractivity contribution in [2.75, 3.05) is 51.3 Å². The molecule has 42 heavy (non-hydrogen) atoms. The first-order valence-electron chi connectivity index (χ1n) is 14.6. The number of benzene rings is 2. The van der Waals surface area contributed by atoms with Gasteiger partial charge in [-0.3, -0.25) is 4.90 Å². The van der Waals surface area contributed by atoms with Gasteiger partial charge in [-0.25, -0.2) is 19.2 Å². The highest BCUT2D eigenvalue weighted by Gasteiger charge is 2.26. The maximum Gasteiger partial charge on any atom is 0.410 e. The van der Waals surface area contributed by atoms with Crippen LogP contribution >= 0.6 is 11.6 Å². The summed E-state index contributed by atoms with van der Waals surface area (Å²) < 4.78 is 31.8. The average Bonchev–Trinajstić information content (AvgIpc) is 3.47. The quantitative estimate of drug-likeness (QED) is 0.292. The fourth-order valence-corrected chi connectivity index (χ4v) is 5.43. The first-order valence-corrected chi connectivity index (χ1v) is 15.0. The third kappa shape index (κ3) is 7.92. The highest BCUT2D eigenvalue weighted by atomic mass is 35.5. The number of aromatic nitrogens is 2. The summed E-state index contributed by atoms with van der Waals surface area (Å²) in [4.78, 5) is 25.3. The highest BCUT2D eigenvalue weighted by molar-refractivity contribution is 6.31. The number of rotatable bonds is 9. The topological polar surface area (TPSA) is 89.1 Å². The molecule has 1 amide bonds. The van der Waals surface area contributed by atoms with Gasteiger partial charge in [-0.05, 0) is 63.8 Å². The van der Waals surface area contributed by atoms with Gasteiger partial charge in [0.15, 0.2) is 11.5 Å². The van der Waals surface area contributed by atoms with Gasteiger partial charge < -0.3 is 24.4 Å². The molecule has 1 aromatic heterocycles. The number of nitrogens with zero attached hydrogens (tertiary/aromatic N) is 4. The van der Waals surface area contributed by atoms with Gasteiger partial charge in [0.25, 0.3) is 0 Å². The van der Waals surface area contributed by atoms with Crippen molar-refractivity contribution in [2.45, 2.75) is 52.1 Å². The Labute approximate surface area is 251 Å². The van der Waals surface area contributed by atoms with Crippen LogP contribution in [0.5, 0.6) is 11.5 Å². The van der Waals surface area contributed by atoms with Crippen molar-refractivity contribution in [3.8, 4) is 11.5 Å². The summed E-state index contributed by atoms with van der Waals surface area (Å²) in [7, 11) is 0. The Bertz CT molecular complexity index is 1390. The van der Waals surface area contributed by atoms with Crippen LogP contribution in [0.3, 0.4) is 0 Å². The van der Waals surface area contributed by atoms with Gasteiger partial charge in [0.2, 0.25) is 0 Å². The molecule has 0 radical (unpaired) electrons. The van der Waals surface area contributed by atoms with E-state index in [0.29, 0.717) is 67.3 Å². The summed E-state index contributed by atoms with van der Waals surface area (Å²) in [6, 6.07) is 8.23. The minimum Gasteiger partial charge on any atom is -0.489 e. The van der Waals surface area contributed by atoms with Crippen LogP contribution in [0.15, 0.2) is 36.7 Å². The average molecular weight is 600 g/mol. The number of nitrogens with one attached hydrogen (secondary N) is 1. The maximum atomic E-state index is 13.7. The van der Waals surface area contributed by atoms with Crippen molar-refractivity contribution in [3.05, 3.63) is 47.5 Å². The summed E-state index contributed by atoms with van der Waals surface area (Å²) in [5.74, 6) is 1.87. The third-order valence-electron chi connectivity index (χ3n) is 7.52. The molecule has 0 atom stereocenters. The lowest BCUT2D eigenvalue weighted by Gasteiger charge is -2.35. The van der Waals surface area contributed by atoms with Gasteiger partial charge in [-0.15, -0.1) is 0 Å². The number of carbonyl (C=O) groups is 1. The van der Waals surface area contributed by atoms with E-state index in [2.05, 4.69) is 20.2 Å². The second kappa shape index (κ2) is 13.3. The molecule has 5 rings (SSSR count). The van der Waals surface area contributed by atoms with Crippen LogP contribution in [0.1, 0.15) is 46.5 Å². The van der Waals surface area contributed by atoms with Gasteiger partial charge in [0.05, 0.1) is 17.1 Å². The molecule has 2 aliphatic rings. The number of carbonyl (C=O) groups excluding carboxylic acids is 1. The number of amides is 1. The zero-order chi connectivity index (χ0) is 29.7. The van der Waals surface area contributed by atoms with Crippen molar-refractivity contribution in [1.29, 1.82) is 0 Å². The van der Waals surface area contributed by atoms with E-state index in [1.54, 1.807) is 11.0 Å². The monoisotopic (exact) mass is 599 g/mol. The fraction of sp³-hybridized carbons (Fsp3) is 0.516. The molecule has 1 N–H and O–H groups in total. The first kappa shape index (κ1) is 30.1. The molecule has 1 saturated heterocycles. The normalized spacial score (nSPS) is 16.5. The van der Waals surface area contributed by atoms with Gasteiger partial charge in [0, 0.05) is 49.9 Å². The summed E-state index contributed by atoms with van der Waals surface area (Å²) in [6.45, 7) is 10.2. The van der Waals surface area contributed by atoms with Crippen LogP contribution in [0, 0.1) is 11.7 Å². The lowest BCUT2D eigenvalue weighted by molar-refractivity contribution is 0.0136. The molecule has 0 bridgehead atoms. The number of anilines is 2. The lowest BCUT2D eigenvalue weighted by Crippen LogP contribution is -2.50. The van der Waals surface area contributed by atoms with Crippen LogP contribution in [-0.4, -0.2) is 77.4 Å². The second-order valence-electron chi connectivity index (χ2n) is 11.9. The highest BCUT2D eigenvalue weighted by Crippen LogP contribution is 2.36. The Morgan fingerprint density at radius 3 is 2.50 bits per heavy atom. The van der Waals surface area contributed by atoms with Gasteiger partial charge >= 0.3 is 6.09 Å². The molecule has 1 saturated carbocycles. The molecule has 226 valence electrons. The van der Waals surface area contributed by atoms with Gasteiger partial charge in [-0.2, -0.15) is 0 Å². The first-order chi connectivity index (χ1) is 20.1. The molecule has 3 aromatic rings. The number of hydrogen-bond acceptors (Lipinski definition) is 8. The van der Waals surface area contributed by atoms with Crippen molar-refractivity contribution in [3.63, 3.8) is 0 Å². The van der Waals surface area contributed by atoms with Gasteiger partial charge in [0.1, 0.15) is 30.2 Å². The van der Waals surface area contributed by atoms with Crippen LogP contribution < -0.4 is 14.8 Å². The standard InChI is InChI=1S/C31H39ClFN5O4/c1-31(2,3)42-30(39)38-12-10-37(11-13-38)14-15-40-28-18-26-23(17-27(28)41-19-21-6-4-5-7-21)29(35-20-34-26)36-22-8-9-25(33)24(32)16-22/h8-9,16-18,20-21H,4-7,10-15,19H2,1-3H3,(H,34,35,36). The Kier molecular flexibility index (Phi) is 9.53. The van der Waals surface area contributed by atoms with E-state index in [9.17, 15) is 9.18 Å². The summed E-state index contributed by atoms with van der Waals surface area (Å²) in [5.41, 5.74) is 0.799. The largest absolute Gasteiger partial charge is 0.489 e. The van der Waals surface area contributed by atoms with Crippen LogP contribution in [-0.2, 0) is 4.74 Å². The van der Waals surface area contributed by atoms with Crippen molar-refractivity contribution >= 4 is 40.1 Å². The number of ether oxygens (including phenoxy) is 3. The predicted molar refractivity (Wildman–Crippen MR) is 161 cm³/mol. The lowest BCUT2D eigenvalue weighted by atomic mass is 10.1. The fourth-order valence-electron chi connectivity index (χ4n) is 5.25. The SMILES string of the molecule is CC(C)(C)OC(=O)N1CCN(CCOc2cc3ncnc(Nc4ccc(F)c(Cl)c4)c3cc2OCC2CCCC2)CC1. The minimum atomic E-state index is -0.504. The van der Waals surface area contributed by atoms with E-state index in [0.717, 1.165) is 18.5 Å².